The Kier molecular flexibility index (Phi) is 1.93. The first-order chi connectivity index (χ1) is 4.93. The molecule has 0 radical (unpaired) electrons. The van der Waals surface area contributed by atoms with Gasteiger partial charge in [-0.2, -0.15) is 0 Å². The molecule has 11 heavy (non-hydrogen) atoms. The lowest BCUT2D eigenvalue weighted by molar-refractivity contribution is 0.587. The van der Waals surface area contributed by atoms with Crippen LogP contribution in [0.15, 0.2) is 6.33 Å². The van der Waals surface area contributed by atoms with E-state index >= 15 is 0 Å². The molecular weight excluding hydrogens is 159 g/mol. The molecule has 0 aliphatic heterocycles. The van der Waals surface area contributed by atoms with Crippen molar-refractivity contribution in [3.63, 3.8) is 0 Å². The monoisotopic (exact) mass is 172 g/mol. The maximum atomic E-state index is 11.7. The van der Waals surface area contributed by atoms with E-state index in [1.807, 2.05) is 18.5 Å². The minimum absolute atomic E-state index is 0.873. The number of aryl methyl sites for hydroxylation is 2. The van der Waals surface area contributed by atoms with Crippen LogP contribution in [0.1, 0.15) is 5.69 Å². The molecule has 0 bridgehead atoms. The molecule has 0 saturated carbocycles. The lowest BCUT2D eigenvalue weighted by Gasteiger charge is -2.07. The van der Waals surface area contributed by atoms with E-state index in [9.17, 15) is 4.57 Å². The van der Waals surface area contributed by atoms with Crippen molar-refractivity contribution in [1.29, 1.82) is 0 Å². The van der Waals surface area contributed by atoms with Gasteiger partial charge >= 0.3 is 0 Å². The third kappa shape index (κ3) is 1.54. The lowest BCUT2D eigenvalue weighted by Crippen LogP contribution is -2.15. The fourth-order valence-electron chi connectivity index (χ4n) is 1.31. The van der Waals surface area contributed by atoms with Crippen LogP contribution in [0.5, 0.6) is 0 Å². The number of hydrogen-bond donors (Lipinski definition) is 0. The van der Waals surface area contributed by atoms with Gasteiger partial charge in [-0.1, -0.05) is 0 Å². The highest BCUT2D eigenvalue weighted by Gasteiger charge is 2.17. The molecule has 0 aliphatic carbocycles. The van der Waals surface area contributed by atoms with Gasteiger partial charge in [0.15, 0.2) is 0 Å². The van der Waals surface area contributed by atoms with Crippen LogP contribution >= 0.6 is 7.14 Å². The van der Waals surface area contributed by atoms with Crippen molar-refractivity contribution in [3.05, 3.63) is 12.0 Å². The Morgan fingerprint density at radius 3 is 2.27 bits per heavy atom. The maximum Gasteiger partial charge on any atom is 0.127 e. The van der Waals surface area contributed by atoms with Crippen LogP contribution in [0.2, 0.25) is 0 Å². The van der Waals surface area contributed by atoms with E-state index in [4.69, 9.17) is 0 Å². The Hall–Kier alpha value is -0.560. The van der Waals surface area contributed by atoms with Crippen LogP contribution in [-0.2, 0) is 11.6 Å². The summed E-state index contributed by atoms with van der Waals surface area (Å²) in [5.41, 5.74) is 1.75. The second kappa shape index (κ2) is 2.49. The summed E-state index contributed by atoms with van der Waals surface area (Å²) in [6.45, 7) is 5.41. The van der Waals surface area contributed by atoms with Crippen LogP contribution in [0.4, 0.5) is 0 Å². The molecule has 0 unspecified atom stereocenters. The van der Waals surface area contributed by atoms with Gasteiger partial charge in [0.1, 0.15) is 12.6 Å². The van der Waals surface area contributed by atoms with Crippen LogP contribution in [-0.4, -0.2) is 22.9 Å². The Labute approximate surface area is 66.8 Å². The summed E-state index contributed by atoms with van der Waals surface area (Å²) in [5, 5.41) is 0. The number of rotatable bonds is 1. The first-order valence-electron chi connectivity index (χ1n) is 3.46. The molecule has 1 aromatic rings. The van der Waals surface area contributed by atoms with E-state index in [0.717, 1.165) is 11.1 Å². The smallest absolute Gasteiger partial charge is 0.127 e. The molecule has 1 rings (SSSR count). The van der Waals surface area contributed by atoms with Crippen molar-refractivity contribution < 1.29 is 4.57 Å². The summed E-state index contributed by atoms with van der Waals surface area (Å²) >= 11 is 0. The van der Waals surface area contributed by atoms with E-state index in [-0.39, 0.29) is 0 Å². The Bertz CT molecular complexity index is 291. The van der Waals surface area contributed by atoms with Gasteiger partial charge in [-0.3, -0.25) is 0 Å². The zero-order valence-electron chi connectivity index (χ0n) is 7.33. The van der Waals surface area contributed by atoms with Crippen molar-refractivity contribution in [2.45, 2.75) is 6.92 Å². The predicted molar refractivity (Wildman–Crippen MR) is 47.0 cm³/mol. The average Bonchev–Trinajstić information content (AvgIpc) is 2.08. The minimum Gasteiger partial charge on any atom is -0.331 e. The second-order valence-corrected chi connectivity index (χ2v) is 6.24. The summed E-state index contributed by atoms with van der Waals surface area (Å²) in [4.78, 5) is 4.07. The van der Waals surface area contributed by atoms with Gasteiger partial charge in [0.25, 0.3) is 0 Å². The molecule has 1 aromatic heterocycles. The van der Waals surface area contributed by atoms with Crippen molar-refractivity contribution in [2.75, 3.05) is 13.3 Å². The van der Waals surface area contributed by atoms with Crippen molar-refractivity contribution in [3.8, 4) is 0 Å². The first-order valence-corrected chi connectivity index (χ1v) is 6.06. The van der Waals surface area contributed by atoms with Gasteiger partial charge in [0, 0.05) is 7.05 Å². The Morgan fingerprint density at radius 1 is 1.55 bits per heavy atom. The molecule has 0 aliphatic rings. The maximum absolute atomic E-state index is 11.7. The molecule has 1 heterocycles. The third-order valence-corrected chi connectivity index (χ3v) is 3.25. The van der Waals surface area contributed by atoms with Gasteiger partial charge in [0.2, 0.25) is 0 Å². The van der Waals surface area contributed by atoms with Crippen LogP contribution in [0.25, 0.3) is 0 Å². The molecule has 0 N–H and O–H groups in total. The zero-order chi connectivity index (χ0) is 8.65. The molecule has 0 aromatic carbocycles. The van der Waals surface area contributed by atoms with E-state index in [2.05, 4.69) is 4.98 Å². The van der Waals surface area contributed by atoms with E-state index < -0.39 is 7.14 Å². The largest absolute Gasteiger partial charge is 0.331 e. The van der Waals surface area contributed by atoms with Gasteiger partial charge in [-0.05, 0) is 20.3 Å². The van der Waals surface area contributed by atoms with Crippen LogP contribution in [0.3, 0.4) is 0 Å². The highest BCUT2D eigenvalue weighted by Crippen LogP contribution is 2.35. The van der Waals surface area contributed by atoms with Gasteiger partial charge in [0.05, 0.1) is 12.0 Å². The Morgan fingerprint density at radius 2 is 2.09 bits per heavy atom. The molecule has 0 amide bonds. The van der Waals surface area contributed by atoms with Gasteiger partial charge in [-0.25, -0.2) is 4.98 Å². The fourth-order valence-corrected chi connectivity index (χ4v) is 2.96. The SMILES string of the molecule is Cc1ncn(C)c1P(C)(C)=O. The molecule has 0 atom stereocenters. The lowest BCUT2D eigenvalue weighted by atomic mass is 10.6. The van der Waals surface area contributed by atoms with E-state index in [1.165, 1.54) is 0 Å². The highest BCUT2D eigenvalue weighted by atomic mass is 31.2. The van der Waals surface area contributed by atoms with Crippen LogP contribution < -0.4 is 5.44 Å². The number of hydrogen-bond acceptors (Lipinski definition) is 2. The first kappa shape index (κ1) is 8.54. The summed E-state index contributed by atoms with van der Waals surface area (Å²) in [6, 6.07) is 0. The minimum atomic E-state index is -2.15. The third-order valence-electron chi connectivity index (χ3n) is 1.59. The molecular formula is C7H13N2OP. The molecule has 0 spiro atoms. The van der Waals surface area contributed by atoms with Crippen molar-refractivity contribution in [1.82, 2.24) is 9.55 Å². The number of nitrogens with zero attached hydrogens (tertiary/aromatic N) is 2. The summed E-state index contributed by atoms with van der Waals surface area (Å²) in [7, 11) is -0.275. The average molecular weight is 172 g/mol. The van der Waals surface area contributed by atoms with Gasteiger partial charge < -0.3 is 9.13 Å². The summed E-state index contributed by atoms with van der Waals surface area (Å²) in [6.07, 6.45) is 1.70. The molecule has 4 heteroatoms. The van der Waals surface area contributed by atoms with Gasteiger partial charge in [-0.15, -0.1) is 0 Å². The topological polar surface area (TPSA) is 34.9 Å². The molecule has 62 valence electrons. The van der Waals surface area contributed by atoms with E-state index in [0.29, 0.717) is 0 Å². The molecule has 3 nitrogen and oxygen atoms in total. The second-order valence-electron chi connectivity index (χ2n) is 3.12. The normalized spacial score (nSPS) is 12.0. The fraction of sp³-hybridized carbons (Fsp3) is 0.571. The standard InChI is InChI=1S/C7H13N2OP/c1-6-7(11(3,4)10)9(2)5-8-6/h5H,1-4H3. The Balaban J connectivity index is 3.33. The van der Waals surface area contributed by atoms with E-state index in [1.54, 1.807) is 19.7 Å². The number of imidazole rings is 1. The summed E-state index contributed by atoms with van der Waals surface area (Å²) < 4.78 is 13.5. The molecule has 0 fully saturated rings. The predicted octanol–water partition coefficient (Wildman–Crippen LogP) is 0.977. The van der Waals surface area contributed by atoms with Crippen molar-refractivity contribution in [2.24, 2.45) is 7.05 Å². The summed E-state index contributed by atoms with van der Waals surface area (Å²) in [5.74, 6) is 0. The number of aromatic nitrogens is 2. The van der Waals surface area contributed by atoms with Crippen LogP contribution in [0, 0.1) is 6.92 Å². The quantitative estimate of drug-likeness (QED) is 0.592. The zero-order valence-corrected chi connectivity index (χ0v) is 8.22. The molecule has 0 saturated heterocycles. The van der Waals surface area contributed by atoms with Crippen molar-refractivity contribution >= 4 is 12.6 Å². The highest BCUT2D eigenvalue weighted by molar-refractivity contribution is 7.70.